The maximum absolute atomic E-state index is 11.0. The third-order valence-corrected chi connectivity index (χ3v) is 3.56. The summed E-state index contributed by atoms with van der Waals surface area (Å²) in [7, 11) is 0. The predicted octanol–water partition coefficient (Wildman–Crippen LogP) is 3.76. The maximum Gasteiger partial charge on any atom is 0.274 e. The van der Waals surface area contributed by atoms with Gasteiger partial charge in [0.15, 0.2) is 0 Å². The van der Waals surface area contributed by atoms with E-state index in [0.717, 1.165) is 17.0 Å². The van der Waals surface area contributed by atoms with Crippen molar-refractivity contribution < 1.29 is 4.92 Å². The Kier molecular flexibility index (Phi) is 4.09. The van der Waals surface area contributed by atoms with Crippen LogP contribution in [-0.4, -0.2) is 14.7 Å². The van der Waals surface area contributed by atoms with Gasteiger partial charge in [0, 0.05) is 17.3 Å². The summed E-state index contributed by atoms with van der Waals surface area (Å²) in [6.45, 7) is 6.10. The highest BCUT2D eigenvalue weighted by atomic mass is 35.5. The van der Waals surface area contributed by atoms with Gasteiger partial charge in [0.25, 0.3) is 5.69 Å². The van der Waals surface area contributed by atoms with Crippen LogP contribution in [-0.2, 0) is 6.54 Å². The molecule has 1 unspecified atom stereocenters. The Balaban J connectivity index is 2.41. The molecule has 1 atom stereocenters. The summed E-state index contributed by atoms with van der Waals surface area (Å²) in [6.07, 6.45) is 0. The van der Waals surface area contributed by atoms with Crippen molar-refractivity contribution in [1.29, 1.82) is 0 Å². The molecule has 2 rings (SSSR count). The standard InChI is InChI=1S/C14H16ClN3O2/c1-9(15)14-10(2)16-17(11(14)3)8-12-6-4-5-7-13(12)18(19)20/h4-7,9H,8H2,1-3H3. The SMILES string of the molecule is Cc1nn(Cc2ccccc2[N+](=O)[O-])c(C)c1C(C)Cl. The quantitative estimate of drug-likeness (QED) is 0.490. The lowest BCUT2D eigenvalue weighted by Gasteiger charge is -2.07. The van der Waals surface area contributed by atoms with Crippen LogP contribution in [0.25, 0.3) is 0 Å². The Labute approximate surface area is 122 Å². The van der Waals surface area contributed by atoms with Gasteiger partial charge in [0.1, 0.15) is 0 Å². The van der Waals surface area contributed by atoms with E-state index in [0.29, 0.717) is 12.1 Å². The summed E-state index contributed by atoms with van der Waals surface area (Å²) in [6, 6.07) is 6.71. The lowest BCUT2D eigenvalue weighted by atomic mass is 10.1. The number of rotatable bonds is 4. The maximum atomic E-state index is 11.0. The number of aromatic nitrogens is 2. The molecular weight excluding hydrogens is 278 g/mol. The highest BCUT2D eigenvalue weighted by Gasteiger charge is 2.18. The normalized spacial score (nSPS) is 12.4. The van der Waals surface area contributed by atoms with Gasteiger partial charge < -0.3 is 0 Å². The first kappa shape index (κ1) is 14.5. The number of aryl methyl sites for hydroxylation is 1. The van der Waals surface area contributed by atoms with E-state index >= 15 is 0 Å². The van der Waals surface area contributed by atoms with E-state index < -0.39 is 0 Å². The van der Waals surface area contributed by atoms with E-state index in [1.807, 2.05) is 20.8 Å². The first-order valence-corrected chi connectivity index (χ1v) is 6.75. The molecule has 1 heterocycles. The van der Waals surface area contributed by atoms with Crippen LogP contribution in [0.2, 0.25) is 0 Å². The minimum absolute atomic E-state index is 0.112. The van der Waals surface area contributed by atoms with E-state index in [1.54, 1.807) is 22.9 Å². The van der Waals surface area contributed by atoms with Gasteiger partial charge in [0.05, 0.1) is 28.1 Å². The number of nitrogens with zero attached hydrogens (tertiary/aromatic N) is 3. The molecule has 1 aromatic carbocycles. The van der Waals surface area contributed by atoms with Gasteiger partial charge in [-0.25, -0.2) is 0 Å². The molecule has 0 saturated carbocycles. The number of halogens is 1. The van der Waals surface area contributed by atoms with Crippen molar-refractivity contribution in [2.24, 2.45) is 0 Å². The second kappa shape index (κ2) is 5.63. The largest absolute Gasteiger partial charge is 0.274 e. The molecule has 0 aliphatic carbocycles. The summed E-state index contributed by atoms with van der Waals surface area (Å²) in [5.74, 6) is 0. The molecule has 20 heavy (non-hydrogen) atoms. The van der Waals surface area contributed by atoms with Crippen LogP contribution in [0, 0.1) is 24.0 Å². The van der Waals surface area contributed by atoms with Crippen molar-refractivity contribution in [3.63, 3.8) is 0 Å². The zero-order valence-electron chi connectivity index (χ0n) is 11.6. The summed E-state index contributed by atoms with van der Waals surface area (Å²) in [4.78, 5) is 10.7. The molecule has 6 heteroatoms. The third-order valence-electron chi connectivity index (χ3n) is 3.34. The lowest BCUT2D eigenvalue weighted by molar-refractivity contribution is -0.385. The van der Waals surface area contributed by atoms with Gasteiger partial charge in [-0.3, -0.25) is 14.8 Å². The zero-order chi connectivity index (χ0) is 14.9. The Morgan fingerprint density at radius 2 is 2.05 bits per heavy atom. The fourth-order valence-corrected chi connectivity index (χ4v) is 2.74. The van der Waals surface area contributed by atoms with E-state index in [-0.39, 0.29) is 16.0 Å². The van der Waals surface area contributed by atoms with Crippen LogP contribution >= 0.6 is 11.6 Å². The molecule has 0 fully saturated rings. The Morgan fingerprint density at radius 1 is 1.40 bits per heavy atom. The summed E-state index contributed by atoms with van der Waals surface area (Å²) < 4.78 is 1.77. The van der Waals surface area contributed by atoms with Crippen molar-refractivity contribution in [3.05, 3.63) is 56.9 Å². The summed E-state index contributed by atoms with van der Waals surface area (Å²) in [5, 5.41) is 15.3. The van der Waals surface area contributed by atoms with Crippen molar-refractivity contribution in [2.45, 2.75) is 32.7 Å². The molecule has 0 aliphatic heterocycles. The second-order valence-electron chi connectivity index (χ2n) is 4.74. The predicted molar refractivity (Wildman–Crippen MR) is 78.2 cm³/mol. The lowest BCUT2D eigenvalue weighted by Crippen LogP contribution is -2.06. The van der Waals surface area contributed by atoms with E-state index in [9.17, 15) is 10.1 Å². The number of para-hydroxylation sites is 1. The smallest absolute Gasteiger partial charge is 0.265 e. The number of alkyl halides is 1. The molecule has 0 saturated heterocycles. The summed E-state index contributed by atoms with van der Waals surface area (Å²) in [5.41, 5.74) is 3.55. The molecule has 0 N–H and O–H groups in total. The van der Waals surface area contributed by atoms with Gasteiger partial charge in [-0.05, 0) is 20.8 Å². The van der Waals surface area contributed by atoms with Crippen molar-refractivity contribution in [3.8, 4) is 0 Å². The van der Waals surface area contributed by atoms with Gasteiger partial charge in [0.2, 0.25) is 0 Å². The van der Waals surface area contributed by atoms with Crippen LogP contribution in [0.5, 0.6) is 0 Å². The van der Waals surface area contributed by atoms with Crippen LogP contribution < -0.4 is 0 Å². The molecule has 1 aromatic heterocycles. The third kappa shape index (κ3) is 2.67. The molecule has 106 valence electrons. The van der Waals surface area contributed by atoms with Gasteiger partial charge in [-0.1, -0.05) is 18.2 Å². The molecule has 5 nitrogen and oxygen atoms in total. The fraction of sp³-hybridized carbons (Fsp3) is 0.357. The Morgan fingerprint density at radius 3 is 2.60 bits per heavy atom. The van der Waals surface area contributed by atoms with Gasteiger partial charge in [-0.2, -0.15) is 5.10 Å². The minimum atomic E-state index is -0.369. The molecule has 0 bridgehead atoms. The zero-order valence-corrected chi connectivity index (χ0v) is 12.4. The Bertz CT molecular complexity index is 650. The molecule has 0 amide bonds. The van der Waals surface area contributed by atoms with Gasteiger partial charge >= 0.3 is 0 Å². The number of benzene rings is 1. The second-order valence-corrected chi connectivity index (χ2v) is 5.40. The van der Waals surface area contributed by atoms with E-state index in [2.05, 4.69) is 5.10 Å². The van der Waals surface area contributed by atoms with E-state index in [4.69, 9.17) is 11.6 Å². The monoisotopic (exact) mass is 293 g/mol. The summed E-state index contributed by atoms with van der Waals surface area (Å²) >= 11 is 6.15. The molecule has 0 aliphatic rings. The minimum Gasteiger partial charge on any atom is -0.265 e. The Hall–Kier alpha value is -1.88. The van der Waals surface area contributed by atoms with Crippen molar-refractivity contribution >= 4 is 17.3 Å². The number of nitro benzene ring substituents is 1. The highest BCUT2D eigenvalue weighted by Crippen LogP contribution is 2.27. The number of nitro groups is 1. The first-order chi connectivity index (χ1) is 9.41. The topological polar surface area (TPSA) is 61.0 Å². The highest BCUT2D eigenvalue weighted by molar-refractivity contribution is 6.20. The molecule has 0 spiro atoms. The van der Waals surface area contributed by atoms with E-state index in [1.165, 1.54) is 6.07 Å². The van der Waals surface area contributed by atoms with Crippen LogP contribution in [0.15, 0.2) is 24.3 Å². The van der Waals surface area contributed by atoms with Crippen LogP contribution in [0.3, 0.4) is 0 Å². The molecule has 0 radical (unpaired) electrons. The van der Waals surface area contributed by atoms with Crippen LogP contribution in [0.1, 0.15) is 34.8 Å². The number of hydrogen-bond acceptors (Lipinski definition) is 3. The molecule has 2 aromatic rings. The van der Waals surface area contributed by atoms with Crippen molar-refractivity contribution in [2.75, 3.05) is 0 Å². The van der Waals surface area contributed by atoms with Crippen molar-refractivity contribution in [1.82, 2.24) is 9.78 Å². The van der Waals surface area contributed by atoms with Crippen LogP contribution in [0.4, 0.5) is 5.69 Å². The average molecular weight is 294 g/mol. The molecular formula is C14H16ClN3O2. The first-order valence-electron chi connectivity index (χ1n) is 6.32. The number of hydrogen-bond donors (Lipinski definition) is 0. The average Bonchev–Trinajstić information content (AvgIpc) is 2.64. The fourth-order valence-electron chi connectivity index (χ4n) is 2.42. The van der Waals surface area contributed by atoms with Gasteiger partial charge in [-0.15, -0.1) is 11.6 Å².